The van der Waals surface area contributed by atoms with E-state index in [-0.39, 0.29) is 0 Å². The van der Waals surface area contributed by atoms with Gasteiger partial charge in [0.15, 0.2) is 0 Å². The Hall–Kier alpha value is -2.01. The van der Waals surface area contributed by atoms with Gasteiger partial charge in [-0.05, 0) is 50.4 Å². The van der Waals surface area contributed by atoms with Gasteiger partial charge in [0.1, 0.15) is 11.6 Å². The molecule has 104 valence electrons. The van der Waals surface area contributed by atoms with E-state index in [2.05, 4.69) is 25.6 Å². The Morgan fingerprint density at radius 3 is 2.65 bits per heavy atom. The molecule has 0 aromatic carbocycles. The molecule has 0 unspecified atom stereocenters. The van der Waals surface area contributed by atoms with Crippen molar-refractivity contribution in [1.29, 1.82) is 0 Å². The molecule has 0 spiro atoms. The number of pyridine rings is 1. The van der Waals surface area contributed by atoms with E-state index in [1.807, 2.05) is 24.4 Å². The number of hydrogen-bond acceptors (Lipinski definition) is 5. The summed E-state index contributed by atoms with van der Waals surface area (Å²) in [4.78, 5) is 13.1. The van der Waals surface area contributed by atoms with E-state index < -0.39 is 0 Å². The summed E-state index contributed by atoms with van der Waals surface area (Å²) in [6, 6.07) is 5.73. The van der Waals surface area contributed by atoms with E-state index in [1.54, 1.807) is 12.4 Å². The molecule has 0 atom stereocenters. The zero-order valence-electron chi connectivity index (χ0n) is 11.4. The highest BCUT2D eigenvalue weighted by Crippen LogP contribution is 2.17. The molecule has 0 saturated carbocycles. The van der Waals surface area contributed by atoms with E-state index in [0.717, 1.165) is 42.8 Å². The van der Waals surface area contributed by atoms with Gasteiger partial charge in [-0.2, -0.15) is 0 Å². The highest BCUT2D eigenvalue weighted by molar-refractivity contribution is 5.49. The summed E-state index contributed by atoms with van der Waals surface area (Å²) in [6.45, 7) is 2.24. The van der Waals surface area contributed by atoms with Crippen LogP contribution in [-0.4, -0.2) is 28.0 Å². The monoisotopic (exact) mass is 269 g/mol. The predicted molar refractivity (Wildman–Crippen MR) is 78.8 cm³/mol. The van der Waals surface area contributed by atoms with Gasteiger partial charge in [-0.3, -0.25) is 4.98 Å². The van der Waals surface area contributed by atoms with Crippen LogP contribution >= 0.6 is 0 Å². The first-order valence-corrected chi connectivity index (χ1v) is 7.10. The Labute approximate surface area is 118 Å². The van der Waals surface area contributed by atoms with Crippen LogP contribution in [0.2, 0.25) is 0 Å². The maximum Gasteiger partial charge on any atom is 0.150 e. The molecule has 5 nitrogen and oxygen atoms in total. The maximum atomic E-state index is 4.50. The minimum Gasteiger partial charge on any atom is -0.324 e. The molecule has 2 N–H and O–H groups in total. The highest BCUT2D eigenvalue weighted by atomic mass is 15.1. The minimum absolute atomic E-state index is 0.734. The molecule has 1 fully saturated rings. The van der Waals surface area contributed by atoms with Crippen LogP contribution in [0.25, 0.3) is 0 Å². The van der Waals surface area contributed by atoms with E-state index >= 15 is 0 Å². The first-order chi connectivity index (χ1) is 9.90. The van der Waals surface area contributed by atoms with Crippen molar-refractivity contribution >= 4 is 11.6 Å². The standard InChI is InChI=1S/C15H19N5/c1-2-6-17-14(3-1)20-15-11-18-13(10-19-15)9-12-4-7-16-8-5-12/h1-3,6,10-12,16H,4-5,7-9H2,(H,17,19,20). The Morgan fingerprint density at radius 1 is 1.05 bits per heavy atom. The quantitative estimate of drug-likeness (QED) is 0.890. The van der Waals surface area contributed by atoms with Gasteiger partial charge in [0.05, 0.1) is 18.1 Å². The fourth-order valence-corrected chi connectivity index (χ4v) is 2.47. The van der Waals surface area contributed by atoms with Crippen LogP contribution in [0.5, 0.6) is 0 Å². The number of nitrogens with one attached hydrogen (secondary N) is 2. The van der Waals surface area contributed by atoms with Crippen molar-refractivity contribution in [3.63, 3.8) is 0 Å². The van der Waals surface area contributed by atoms with Crippen LogP contribution in [0.3, 0.4) is 0 Å². The minimum atomic E-state index is 0.734. The van der Waals surface area contributed by atoms with Crippen LogP contribution < -0.4 is 10.6 Å². The lowest BCUT2D eigenvalue weighted by molar-refractivity contribution is 0.370. The molecular weight excluding hydrogens is 250 g/mol. The van der Waals surface area contributed by atoms with Crippen molar-refractivity contribution in [2.45, 2.75) is 19.3 Å². The average molecular weight is 269 g/mol. The maximum absolute atomic E-state index is 4.50. The number of rotatable bonds is 4. The third kappa shape index (κ3) is 3.51. The summed E-state index contributed by atoms with van der Waals surface area (Å²) in [5, 5.41) is 6.52. The van der Waals surface area contributed by atoms with Gasteiger partial charge in [0.2, 0.25) is 0 Å². The second kappa shape index (κ2) is 6.43. The van der Waals surface area contributed by atoms with Crippen molar-refractivity contribution < 1.29 is 0 Å². The van der Waals surface area contributed by atoms with Crippen molar-refractivity contribution in [3.8, 4) is 0 Å². The van der Waals surface area contributed by atoms with Gasteiger partial charge in [0.25, 0.3) is 0 Å². The molecule has 0 bridgehead atoms. The zero-order valence-corrected chi connectivity index (χ0v) is 11.4. The number of anilines is 2. The predicted octanol–water partition coefficient (Wildman–Crippen LogP) is 2.16. The molecule has 2 aromatic rings. The third-order valence-electron chi connectivity index (χ3n) is 3.58. The number of nitrogens with zero attached hydrogens (tertiary/aromatic N) is 3. The number of hydrogen-bond donors (Lipinski definition) is 2. The van der Waals surface area contributed by atoms with E-state index in [1.165, 1.54) is 12.8 Å². The number of aromatic nitrogens is 3. The van der Waals surface area contributed by atoms with E-state index in [0.29, 0.717) is 0 Å². The number of piperidine rings is 1. The normalized spacial score (nSPS) is 16.0. The second-order valence-electron chi connectivity index (χ2n) is 5.13. The smallest absolute Gasteiger partial charge is 0.150 e. The topological polar surface area (TPSA) is 62.7 Å². The van der Waals surface area contributed by atoms with Gasteiger partial charge in [-0.1, -0.05) is 6.07 Å². The zero-order chi connectivity index (χ0) is 13.6. The molecule has 5 heteroatoms. The Kier molecular flexibility index (Phi) is 4.18. The largest absolute Gasteiger partial charge is 0.324 e. The van der Waals surface area contributed by atoms with Gasteiger partial charge in [-0.25, -0.2) is 9.97 Å². The van der Waals surface area contributed by atoms with E-state index in [4.69, 9.17) is 0 Å². The van der Waals surface area contributed by atoms with Crippen LogP contribution in [0.1, 0.15) is 18.5 Å². The van der Waals surface area contributed by atoms with Crippen LogP contribution in [0.15, 0.2) is 36.8 Å². The molecule has 1 aliphatic rings. The second-order valence-corrected chi connectivity index (χ2v) is 5.13. The van der Waals surface area contributed by atoms with Crippen molar-refractivity contribution in [2.75, 3.05) is 18.4 Å². The lowest BCUT2D eigenvalue weighted by atomic mass is 9.93. The molecule has 1 saturated heterocycles. The van der Waals surface area contributed by atoms with Crippen LogP contribution in [-0.2, 0) is 6.42 Å². The average Bonchev–Trinajstić information content (AvgIpc) is 2.51. The fraction of sp³-hybridized carbons (Fsp3) is 0.400. The van der Waals surface area contributed by atoms with E-state index in [9.17, 15) is 0 Å². The molecule has 3 rings (SSSR count). The molecule has 1 aliphatic heterocycles. The molecular formula is C15H19N5. The van der Waals surface area contributed by atoms with Crippen molar-refractivity contribution in [2.24, 2.45) is 5.92 Å². The molecule has 0 radical (unpaired) electrons. The molecule has 0 aliphatic carbocycles. The van der Waals surface area contributed by atoms with Crippen molar-refractivity contribution in [3.05, 3.63) is 42.5 Å². The fourth-order valence-electron chi connectivity index (χ4n) is 2.47. The Morgan fingerprint density at radius 2 is 1.95 bits per heavy atom. The molecule has 3 heterocycles. The Balaban J connectivity index is 1.59. The molecule has 2 aromatic heterocycles. The summed E-state index contributed by atoms with van der Waals surface area (Å²) >= 11 is 0. The van der Waals surface area contributed by atoms with Crippen molar-refractivity contribution in [1.82, 2.24) is 20.3 Å². The summed E-state index contributed by atoms with van der Waals surface area (Å²) < 4.78 is 0. The first-order valence-electron chi connectivity index (χ1n) is 7.10. The highest BCUT2D eigenvalue weighted by Gasteiger charge is 2.14. The van der Waals surface area contributed by atoms with Gasteiger partial charge in [0, 0.05) is 6.20 Å². The Bertz CT molecular complexity index is 520. The van der Waals surface area contributed by atoms with Crippen LogP contribution in [0, 0.1) is 5.92 Å². The lowest BCUT2D eigenvalue weighted by Gasteiger charge is -2.21. The molecule has 20 heavy (non-hydrogen) atoms. The van der Waals surface area contributed by atoms with Crippen LogP contribution in [0.4, 0.5) is 11.6 Å². The SMILES string of the molecule is c1ccc(Nc2cnc(CC3CCNCC3)cn2)nc1. The first kappa shape index (κ1) is 13.0. The lowest BCUT2D eigenvalue weighted by Crippen LogP contribution is -2.28. The third-order valence-corrected chi connectivity index (χ3v) is 3.58. The summed E-state index contributed by atoms with van der Waals surface area (Å²) in [7, 11) is 0. The van der Waals surface area contributed by atoms with Gasteiger partial charge in [-0.15, -0.1) is 0 Å². The van der Waals surface area contributed by atoms with Gasteiger partial charge >= 0.3 is 0 Å². The van der Waals surface area contributed by atoms with Gasteiger partial charge < -0.3 is 10.6 Å². The summed E-state index contributed by atoms with van der Waals surface area (Å²) in [5.74, 6) is 2.26. The summed E-state index contributed by atoms with van der Waals surface area (Å²) in [6.07, 6.45) is 8.89. The molecule has 0 amide bonds. The summed E-state index contributed by atoms with van der Waals surface area (Å²) in [5.41, 5.74) is 1.07.